The van der Waals surface area contributed by atoms with Gasteiger partial charge in [-0.15, -0.1) is 0 Å². The Kier molecular flexibility index (Phi) is 3.68. The normalized spacial score (nSPS) is 11.1. The van der Waals surface area contributed by atoms with Crippen LogP contribution in [0.25, 0.3) is 0 Å². The highest BCUT2D eigenvalue weighted by molar-refractivity contribution is 7.92. The summed E-state index contributed by atoms with van der Waals surface area (Å²) < 4.78 is 25.9. The third-order valence-electron chi connectivity index (χ3n) is 2.65. The largest absolute Gasteiger partial charge is 0.324 e. The standard InChI is InChI=1S/C12H14N4O2S/c1-16(12-4-2-3-9-14-12)19(17,18)11-7-5-10(15-13)6-8-11/h2-9,15H,13H2,1H3. The number of nitrogens with two attached hydrogens (primary N) is 1. The van der Waals surface area contributed by atoms with Crippen LogP contribution >= 0.6 is 0 Å². The molecule has 3 N–H and O–H groups in total. The van der Waals surface area contributed by atoms with Crippen molar-refractivity contribution in [2.24, 2.45) is 5.84 Å². The van der Waals surface area contributed by atoms with E-state index in [1.807, 2.05) is 0 Å². The second-order valence-corrected chi connectivity index (χ2v) is 5.80. The highest BCUT2D eigenvalue weighted by Gasteiger charge is 2.21. The van der Waals surface area contributed by atoms with Crippen LogP contribution in [0.4, 0.5) is 11.5 Å². The number of hydrogen-bond donors (Lipinski definition) is 2. The molecule has 0 aliphatic heterocycles. The quantitative estimate of drug-likeness (QED) is 0.648. The Morgan fingerprint density at radius 2 is 1.84 bits per heavy atom. The molecule has 0 atom stereocenters. The maximum absolute atomic E-state index is 12.4. The molecule has 0 saturated carbocycles. The van der Waals surface area contributed by atoms with Crippen LogP contribution in [0.1, 0.15) is 0 Å². The van der Waals surface area contributed by atoms with Crippen molar-refractivity contribution < 1.29 is 8.42 Å². The molecule has 100 valence electrons. The van der Waals surface area contributed by atoms with Crippen LogP contribution in [-0.4, -0.2) is 20.4 Å². The molecule has 7 heteroatoms. The molecule has 0 radical (unpaired) electrons. The van der Waals surface area contributed by atoms with Gasteiger partial charge in [-0.05, 0) is 36.4 Å². The molecule has 2 rings (SSSR count). The van der Waals surface area contributed by atoms with Gasteiger partial charge >= 0.3 is 0 Å². The number of anilines is 2. The van der Waals surface area contributed by atoms with Gasteiger partial charge in [-0.2, -0.15) is 0 Å². The average molecular weight is 278 g/mol. The maximum Gasteiger partial charge on any atom is 0.265 e. The summed E-state index contributed by atoms with van der Waals surface area (Å²) in [5, 5.41) is 0. The lowest BCUT2D eigenvalue weighted by Crippen LogP contribution is -2.27. The molecule has 19 heavy (non-hydrogen) atoms. The van der Waals surface area contributed by atoms with Gasteiger partial charge in [0, 0.05) is 18.9 Å². The molecule has 1 heterocycles. The third kappa shape index (κ3) is 2.67. The predicted octanol–water partition coefficient (Wildman–Crippen LogP) is 1.19. The van der Waals surface area contributed by atoms with Gasteiger partial charge in [0.05, 0.1) is 4.90 Å². The zero-order chi connectivity index (χ0) is 13.9. The van der Waals surface area contributed by atoms with Crippen LogP contribution in [-0.2, 0) is 10.0 Å². The first-order valence-corrected chi connectivity index (χ1v) is 6.96. The zero-order valence-electron chi connectivity index (χ0n) is 10.3. The fraction of sp³-hybridized carbons (Fsp3) is 0.0833. The molecular weight excluding hydrogens is 264 g/mol. The number of nitrogens with zero attached hydrogens (tertiary/aromatic N) is 2. The van der Waals surface area contributed by atoms with Crippen molar-refractivity contribution in [1.29, 1.82) is 0 Å². The van der Waals surface area contributed by atoms with Gasteiger partial charge in [-0.25, -0.2) is 13.4 Å². The molecule has 2 aromatic rings. The fourth-order valence-electron chi connectivity index (χ4n) is 1.54. The number of nitrogen functional groups attached to an aromatic ring is 1. The molecule has 0 saturated heterocycles. The molecule has 0 spiro atoms. The highest BCUT2D eigenvalue weighted by Crippen LogP contribution is 2.20. The van der Waals surface area contributed by atoms with E-state index in [1.54, 1.807) is 36.5 Å². The first-order chi connectivity index (χ1) is 9.05. The van der Waals surface area contributed by atoms with E-state index in [-0.39, 0.29) is 4.90 Å². The Morgan fingerprint density at radius 1 is 1.16 bits per heavy atom. The van der Waals surface area contributed by atoms with Gasteiger partial charge in [-0.1, -0.05) is 6.07 Å². The van der Waals surface area contributed by atoms with E-state index in [9.17, 15) is 8.42 Å². The summed E-state index contributed by atoms with van der Waals surface area (Å²) in [5.41, 5.74) is 3.08. The molecule has 0 unspecified atom stereocenters. The van der Waals surface area contributed by atoms with Crippen LogP contribution in [0.15, 0.2) is 53.6 Å². The van der Waals surface area contributed by atoms with Crippen molar-refractivity contribution >= 4 is 21.5 Å². The first-order valence-electron chi connectivity index (χ1n) is 5.52. The molecule has 0 fully saturated rings. The summed E-state index contributed by atoms with van der Waals surface area (Å²) in [4.78, 5) is 4.20. The average Bonchev–Trinajstić information content (AvgIpc) is 2.47. The summed E-state index contributed by atoms with van der Waals surface area (Å²) in [6.45, 7) is 0. The Balaban J connectivity index is 2.36. The summed E-state index contributed by atoms with van der Waals surface area (Å²) in [5.74, 6) is 5.60. The first kappa shape index (κ1) is 13.3. The molecule has 0 aliphatic rings. The number of nitrogens with one attached hydrogen (secondary N) is 1. The van der Waals surface area contributed by atoms with E-state index in [0.717, 1.165) is 4.31 Å². The van der Waals surface area contributed by atoms with E-state index < -0.39 is 10.0 Å². The minimum absolute atomic E-state index is 0.180. The number of rotatable bonds is 4. The lowest BCUT2D eigenvalue weighted by molar-refractivity contribution is 0.594. The molecule has 1 aromatic carbocycles. The number of benzene rings is 1. The lowest BCUT2D eigenvalue weighted by atomic mass is 10.3. The molecule has 6 nitrogen and oxygen atoms in total. The van der Waals surface area contributed by atoms with Crippen LogP contribution in [0, 0.1) is 0 Å². The zero-order valence-corrected chi connectivity index (χ0v) is 11.1. The van der Waals surface area contributed by atoms with Gasteiger partial charge in [0.2, 0.25) is 0 Å². The summed E-state index contributed by atoms with van der Waals surface area (Å²) >= 11 is 0. The number of sulfonamides is 1. The van der Waals surface area contributed by atoms with Crippen LogP contribution < -0.4 is 15.6 Å². The Hall–Kier alpha value is -2.12. The van der Waals surface area contributed by atoms with E-state index >= 15 is 0 Å². The molecule has 0 amide bonds. The van der Waals surface area contributed by atoms with Crippen molar-refractivity contribution in [2.75, 3.05) is 16.8 Å². The summed E-state index contributed by atoms with van der Waals surface area (Å²) in [6, 6.07) is 11.3. The third-order valence-corrected chi connectivity index (χ3v) is 4.43. The molecule has 1 aromatic heterocycles. The van der Waals surface area contributed by atoms with E-state index in [4.69, 9.17) is 5.84 Å². The van der Waals surface area contributed by atoms with Gasteiger partial charge in [-0.3, -0.25) is 10.1 Å². The van der Waals surface area contributed by atoms with Crippen LogP contribution in [0.3, 0.4) is 0 Å². The van der Waals surface area contributed by atoms with Gasteiger partial charge in [0.15, 0.2) is 0 Å². The molecule has 0 aliphatic carbocycles. The summed E-state index contributed by atoms with van der Waals surface area (Å²) in [7, 11) is -2.15. The van der Waals surface area contributed by atoms with Crippen molar-refractivity contribution in [2.45, 2.75) is 4.90 Å². The Bertz CT molecular complexity index is 641. The summed E-state index contributed by atoms with van der Waals surface area (Å²) in [6.07, 6.45) is 1.54. The van der Waals surface area contributed by atoms with Crippen molar-refractivity contribution in [3.8, 4) is 0 Å². The smallest absolute Gasteiger partial charge is 0.265 e. The van der Waals surface area contributed by atoms with E-state index in [2.05, 4.69) is 10.4 Å². The fourth-order valence-corrected chi connectivity index (χ4v) is 2.69. The second-order valence-electron chi connectivity index (χ2n) is 3.83. The number of hydrogen-bond acceptors (Lipinski definition) is 5. The second kappa shape index (κ2) is 5.25. The van der Waals surface area contributed by atoms with E-state index in [0.29, 0.717) is 11.5 Å². The van der Waals surface area contributed by atoms with Crippen LogP contribution in [0.2, 0.25) is 0 Å². The molecular formula is C12H14N4O2S. The van der Waals surface area contributed by atoms with Crippen LogP contribution in [0.5, 0.6) is 0 Å². The van der Waals surface area contributed by atoms with E-state index in [1.165, 1.54) is 19.2 Å². The van der Waals surface area contributed by atoms with Gasteiger partial charge < -0.3 is 5.43 Å². The minimum Gasteiger partial charge on any atom is -0.324 e. The minimum atomic E-state index is -3.61. The number of pyridine rings is 1. The maximum atomic E-state index is 12.4. The SMILES string of the molecule is CN(c1ccccn1)S(=O)(=O)c1ccc(NN)cc1. The predicted molar refractivity (Wildman–Crippen MR) is 74.1 cm³/mol. The van der Waals surface area contributed by atoms with Crippen molar-refractivity contribution in [1.82, 2.24) is 4.98 Å². The Morgan fingerprint density at radius 3 is 2.37 bits per heavy atom. The van der Waals surface area contributed by atoms with Gasteiger partial charge in [0.1, 0.15) is 5.82 Å². The van der Waals surface area contributed by atoms with Gasteiger partial charge in [0.25, 0.3) is 10.0 Å². The number of hydrazine groups is 1. The molecule has 0 bridgehead atoms. The Labute approximate surface area is 111 Å². The monoisotopic (exact) mass is 278 g/mol. The highest BCUT2D eigenvalue weighted by atomic mass is 32.2. The van der Waals surface area contributed by atoms with Crippen molar-refractivity contribution in [3.63, 3.8) is 0 Å². The lowest BCUT2D eigenvalue weighted by Gasteiger charge is -2.18. The topological polar surface area (TPSA) is 88.3 Å². The number of aromatic nitrogens is 1. The van der Waals surface area contributed by atoms with Crippen molar-refractivity contribution in [3.05, 3.63) is 48.7 Å².